The van der Waals surface area contributed by atoms with Crippen LogP contribution in [0.5, 0.6) is 0 Å². The van der Waals surface area contributed by atoms with Gasteiger partial charge in [0.05, 0.1) is 10.2 Å². The average molecular weight is 241 g/mol. The van der Waals surface area contributed by atoms with Crippen molar-refractivity contribution in [2.75, 3.05) is 6.54 Å². The lowest BCUT2D eigenvalue weighted by molar-refractivity contribution is 0.445. The molecule has 0 spiro atoms. The first kappa shape index (κ1) is 8.72. The molecule has 0 fully saturated rings. The molecule has 0 radical (unpaired) electrons. The summed E-state index contributed by atoms with van der Waals surface area (Å²) in [5.74, 6) is 0. The third-order valence-corrected chi connectivity index (χ3v) is 2.53. The lowest BCUT2D eigenvalue weighted by Gasteiger charge is -1.92. The van der Waals surface area contributed by atoms with E-state index in [0.717, 1.165) is 27.6 Å². The molecular weight excluding hydrogens is 232 g/mol. The first-order chi connectivity index (χ1) is 6.33. The van der Waals surface area contributed by atoms with Crippen LogP contribution in [-0.4, -0.2) is 11.7 Å². The highest BCUT2D eigenvalue weighted by molar-refractivity contribution is 9.10. The summed E-state index contributed by atoms with van der Waals surface area (Å²) in [6.07, 6.45) is 0.753. The number of para-hydroxylation sites is 1. The molecule has 0 saturated carbocycles. The summed E-state index contributed by atoms with van der Waals surface area (Å²) in [6.45, 7) is 0.591. The molecule has 1 aromatic heterocycles. The predicted molar refractivity (Wildman–Crippen MR) is 54.5 cm³/mol. The minimum absolute atomic E-state index is 0.591. The number of aromatic nitrogens is 1. The van der Waals surface area contributed by atoms with Crippen LogP contribution < -0.4 is 5.73 Å². The van der Waals surface area contributed by atoms with Gasteiger partial charge in [-0.15, -0.1) is 0 Å². The number of halogens is 1. The Labute approximate surface area is 84.0 Å². The minimum atomic E-state index is 0.591. The van der Waals surface area contributed by atoms with Crippen LogP contribution in [0.1, 0.15) is 5.69 Å². The number of benzene rings is 1. The zero-order chi connectivity index (χ0) is 9.26. The van der Waals surface area contributed by atoms with Crippen molar-refractivity contribution in [3.05, 3.63) is 28.4 Å². The number of hydrogen-bond donors (Lipinski definition) is 1. The molecule has 13 heavy (non-hydrogen) atoms. The molecule has 0 amide bonds. The molecule has 0 bridgehead atoms. The van der Waals surface area contributed by atoms with Crippen LogP contribution in [0, 0.1) is 0 Å². The molecule has 2 rings (SSSR count). The van der Waals surface area contributed by atoms with Gasteiger partial charge in [0.2, 0.25) is 0 Å². The van der Waals surface area contributed by atoms with Gasteiger partial charge in [0.15, 0.2) is 5.58 Å². The summed E-state index contributed by atoms with van der Waals surface area (Å²) >= 11 is 3.40. The molecule has 68 valence electrons. The zero-order valence-electron chi connectivity index (χ0n) is 6.96. The van der Waals surface area contributed by atoms with E-state index < -0.39 is 0 Å². The second-order valence-electron chi connectivity index (χ2n) is 2.78. The molecule has 0 aliphatic heterocycles. The van der Waals surface area contributed by atoms with Crippen LogP contribution in [0.25, 0.3) is 11.0 Å². The lowest BCUT2D eigenvalue weighted by Crippen LogP contribution is -2.02. The highest BCUT2D eigenvalue weighted by atomic mass is 79.9. The molecule has 1 heterocycles. The summed E-state index contributed by atoms with van der Waals surface area (Å²) in [4.78, 5) is 0. The Morgan fingerprint density at radius 2 is 2.31 bits per heavy atom. The fourth-order valence-corrected chi connectivity index (χ4v) is 1.73. The third-order valence-electron chi connectivity index (χ3n) is 1.91. The van der Waals surface area contributed by atoms with E-state index >= 15 is 0 Å². The molecule has 0 unspecified atom stereocenters. The third kappa shape index (κ3) is 1.47. The maximum absolute atomic E-state index is 5.46. The average Bonchev–Trinajstić information content (AvgIpc) is 2.51. The Balaban J connectivity index is 2.61. The van der Waals surface area contributed by atoms with Crippen molar-refractivity contribution in [2.45, 2.75) is 6.42 Å². The van der Waals surface area contributed by atoms with E-state index in [0.29, 0.717) is 6.54 Å². The largest absolute Gasteiger partial charge is 0.355 e. The molecular formula is C9H9BrN2O. The Morgan fingerprint density at radius 3 is 3.08 bits per heavy atom. The van der Waals surface area contributed by atoms with Crippen LogP contribution >= 0.6 is 15.9 Å². The number of rotatable bonds is 2. The monoisotopic (exact) mass is 240 g/mol. The summed E-state index contributed by atoms with van der Waals surface area (Å²) in [7, 11) is 0. The standard InChI is InChI=1S/C9H9BrN2O/c10-7-3-1-2-6-8(4-5-11)12-13-9(6)7/h1-3H,4-5,11H2. The summed E-state index contributed by atoms with van der Waals surface area (Å²) in [6, 6.07) is 5.88. The van der Waals surface area contributed by atoms with Crippen molar-refractivity contribution in [3.63, 3.8) is 0 Å². The van der Waals surface area contributed by atoms with Gasteiger partial charge in [-0.2, -0.15) is 0 Å². The zero-order valence-corrected chi connectivity index (χ0v) is 8.54. The fourth-order valence-electron chi connectivity index (χ4n) is 1.30. The first-order valence-electron chi connectivity index (χ1n) is 4.06. The second-order valence-corrected chi connectivity index (χ2v) is 3.64. The number of fused-ring (bicyclic) bond motifs is 1. The Morgan fingerprint density at radius 1 is 1.46 bits per heavy atom. The normalized spacial score (nSPS) is 10.9. The molecule has 4 heteroatoms. The van der Waals surface area contributed by atoms with Crippen molar-refractivity contribution < 1.29 is 4.52 Å². The summed E-state index contributed by atoms with van der Waals surface area (Å²) < 4.78 is 6.11. The van der Waals surface area contributed by atoms with E-state index in [9.17, 15) is 0 Å². The van der Waals surface area contributed by atoms with E-state index in [2.05, 4.69) is 21.1 Å². The van der Waals surface area contributed by atoms with Gasteiger partial charge in [-0.3, -0.25) is 0 Å². The topological polar surface area (TPSA) is 52.0 Å². The molecule has 1 aromatic carbocycles. The highest BCUT2D eigenvalue weighted by Gasteiger charge is 2.08. The summed E-state index contributed by atoms with van der Waals surface area (Å²) in [5, 5.41) is 5.00. The number of nitrogens with zero attached hydrogens (tertiary/aromatic N) is 1. The van der Waals surface area contributed by atoms with Crippen molar-refractivity contribution in [2.24, 2.45) is 5.73 Å². The number of hydrogen-bond acceptors (Lipinski definition) is 3. The summed E-state index contributed by atoms with van der Waals surface area (Å²) in [5.41, 5.74) is 7.18. The molecule has 0 aliphatic carbocycles. The molecule has 2 N–H and O–H groups in total. The fraction of sp³-hybridized carbons (Fsp3) is 0.222. The molecule has 0 saturated heterocycles. The SMILES string of the molecule is NCCc1noc2c(Br)cccc12. The minimum Gasteiger partial charge on any atom is -0.355 e. The lowest BCUT2D eigenvalue weighted by atomic mass is 10.2. The van der Waals surface area contributed by atoms with E-state index in [4.69, 9.17) is 10.3 Å². The van der Waals surface area contributed by atoms with Crippen LogP contribution in [0.2, 0.25) is 0 Å². The first-order valence-corrected chi connectivity index (χ1v) is 4.85. The van der Waals surface area contributed by atoms with E-state index in [1.54, 1.807) is 0 Å². The Kier molecular flexibility index (Phi) is 2.33. The molecule has 0 aliphatic rings. The maximum atomic E-state index is 5.46. The quantitative estimate of drug-likeness (QED) is 0.875. The predicted octanol–water partition coefficient (Wildman–Crippen LogP) is 2.09. The molecule has 2 aromatic rings. The Bertz CT molecular complexity index is 424. The Hall–Kier alpha value is -0.870. The van der Waals surface area contributed by atoms with Crippen molar-refractivity contribution in [3.8, 4) is 0 Å². The van der Waals surface area contributed by atoms with Gasteiger partial charge in [0.25, 0.3) is 0 Å². The van der Waals surface area contributed by atoms with Gasteiger partial charge in [-0.05, 0) is 34.6 Å². The highest BCUT2D eigenvalue weighted by Crippen LogP contribution is 2.26. The van der Waals surface area contributed by atoms with E-state index in [1.165, 1.54) is 0 Å². The van der Waals surface area contributed by atoms with Crippen molar-refractivity contribution in [1.29, 1.82) is 0 Å². The van der Waals surface area contributed by atoms with Gasteiger partial charge < -0.3 is 10.3 Å². The van der Waals surface area contributed by atoms with Gasteiger partial charge in [0.1, 0.15) is 0 Å². The molecule has 3 nitrogen and oxygen atoms in total. The molecule has 0 atom stereocenters. The van der Waals surface area contributed by atoms with Crippen molar-refractivity contribution >= 4 is 26.9 Å². The van der Waals surface area contributed by atoms with Gasteiger partial charge in [0, 0.05) is 11.8 Å². The van der Waals surface area contributed by atoms with E-state index in [1.807, 2.05) is 18.2 Å². The van der Waals surface area contributed by atoms with Gasteiger partial charge in [-0.1, -0.05) is 11.2 Å². The maximum Gasteiger partial charge on any atom is 0.181 e. The van der Waals surface area contributed by atoms with E-state index in [-0.39, 0.29) is 0 Å². The van der Waals surface area contributed by atoms with Crippen LogP contribution in [0.15, 0.2) is 27.2 Å². The van der Waals surface area contributed by atoms with Crippen LogP contribution in [0.3, 0.4) is 0 Å². The second kappa shape index (κ2) is 3.47. The van der Waals surface area contributed by atoms with Crippen molar-refractivity contribution in [1.82, 2.24) is 5.16 Å². The van der Waals surface area contributed by atoms with Crippen LogP contribution in [-0.2, 0) is 6.42 Å². The number of nitrogens with two attached hydrogens (primary N) is 1. The van der Waals surface area contributed by atoms with Crippen LogP contribution in [0.4, 0.5) is 0 Å². The smallest absolute Gasteiger partial charge is 0.181 e. The van der Waals surface area contributed by atoms with Gasteiger partial charge >= 0.3 is 0 Å². The van der Waals surface area contributed by atoms with Gasteiger partial charge in [-0.25, -0.2) is 0 Å².